The standard InChI is InChI=1S/C17H27N5O2/c1-2-14-13(9-19-21-14)17(24)20-15-5-7-22(11-16(15)23)10-12-4-3-6-18-8-12/h3-4,6,8,13-16,19,21,23H,2,5,7,9-11H2,1H3,(H,20,24)/t13?,14?,15-,16-/m1/s1. The zero-order valence-corrected chi connectivity index (χ0v) is 14.1. The number of pyridine rings is 1. The van der Waals surface area contributed by atoms with Crippen LogP contribution < -0.4 is 16.2 Å². The van der Waals surface area contributed by atoms with E-state index in [0.29, 0.717) is 13.1 Å². The molecule has 0 bridgehead atoms. The van der Waals surface area contributed by atoms with E-state index < -0.39 is 6.10 Å². The Morgan fingerprint density at radius 3 is 3.12 bits per heavy atom. The van der Waals surface area contributed by atoms with Crippen molar-refractivity contribution in [1.29, 1.82) is 0 Å². The van der Waals surface area contributed by atoms with Crippen molar-refractivity contribution in [3.63, 3.8) is 0 Å². The fourth-order valence-corrected chi connectivity index (χ4v) is 3.55. The first-order chi connectivity index (χ1) is 11.7. The minimum Gasteiger partial charge on any atom is -0.390 e. The zero-order valence-electron chi connectivity index (χ0n) is 14.1. The highest BCUT2D eigenvalue weighted by molar-refractivity contribution is 5.80. The Balaban J connectivity index is 1.50. The number of hydrogen-bond acceptors (Lipinski definition) is 6. The van der Waals surface area contributed by atoms with E-state index in [0.717, 1.165) is 31.5 Å². The minimum atomic E-state index is -0.540. The van der Waals surface area contributed by atoms with Gasteiger partial charge in [-0.15, -0.1) is 0 Å². The van der Waals surface area contributed by atoms with Crippen molar-refractivity contribution in [3.8, 4) is 0 Å². The average Bonchev–Trinajstić information content (AvgIpc) is 3.07. The van der Waals surface area contributed by atoms with Crippen molar-refractivity contribution in [3.05, 3.63) is 30.1 Å². The molecule has 7 heteroatoms. The number of nitrogens with one attached hydrogen (secondary N) is 3. The molecule has 0 radical (unpaired) electrons. The number of aliphatic hydroxyl groups is 1. The van der Waals surface area contributed by atoms with Crippen LogP contribution in [-0.2, 0) is 11.3 Å². The quantitative estimate of drug-likeness (QED) is 0.588. The first-order valence-corrected chi connectivity index (χ1v) is 8.75. The van der Waals surface area contributed by atoms with Crippen LogP contribution >= 0.6 is 0 Å². The topological polar surface area (TPSA) is 89.5 Å². The summed E-state index contributed by atoms with van der Waals surface area (Å²) in [5.74, 6) is -0.0419. The molecule has 2 aliphatic heterocycles. The summed E-state index contributed by atoms with van der Waals surface area (Å²) in [6.07, 6.45) is 4.73. The van der Waals surface area contributed by atoms with Crippen LogP contribution in [0, 0.1) is 5.92 Å². The Morgan fingerprint density at radius 1 is 1.54 bits per heavy atom. The van der Waals surface area contributed by atoms with Crippen molar-refractivity contribution in [2.24, 2.45) is 5.92 Å². The van der Waals surface area contributed by atoms with Crippen molar-refractivity contribution in [2.75, 3.05) is 19.6 Å². The Hall–Kier alpha value is -1.54. The molecule has 2 unspecified atom stereocenters. The molecule has 132 valence electrons. The fourth-order valence-electron chi connectivity index (χ4n) is 3.55. The monoisotopic (exact) mass is 333 g/mol. The third kappa shape index (κ3) is 4.10. The molecule has 2 aliphatic rings. The number of hydrazine groups is 1. The molecule has 0 saturated carbocycles. The number of aliphatic hydroxyl groups excluding tert-OH is 1. The predicted octanol–water partition coefficient (Wildman–Crippen LogP) is -0.364. The number of likely N-dealkylation sites (tertiary alicyclic amines) is 1. The van der Waals surface area contributed by atoms with E-state index in [2.05, 4.69) is 33.0 Å². The van der Waals surface area contributed by atoms with Gasteiger partial charge in [0.25, 0.3) is 0 Å². The van der Waals surface area contributed by atoms with Crippen LogP contribution in [0.3, 0.4) is 0 Å². The number of carbonyl (C=O) groups excluding carboxylic acids is 1. The molecule has 1 amide bonds. The zero-order chi connectivity index (χ0) is 16.9. The lowest BCUT2D eigenvalue weighted by molar-refractivity contribution is -0.127. The van der Waals surface area contributed by atoms with Crippen LogP contribution in [0.25, 0.3) is 0 Å². The molecular formula is C17H27N5O2. The van der Waals surface area contributed by atoms with Gasteiger partial charge in [-0.3, -0.25) is 25.5 Å². The van der Waals surface area contributed by atoms with Gasteiger partial charge in [0.1, 0.15) is 0 Å². The number of rotatable bonds is 5. The lowest BCUT2D eigenvalue weighted by Crippen LogP contribution is -2.55. The summed E-state index contributed by atoms with van der Waals surface area (Å²) in [6, 6.07) is 3.96. The predicted molar refractivity (Wildman–Crippen MR) is 90.8 cm³/mol. The van der Waals surface area contributed by atoms with E-state index >= 15 is 0 Å². The fraction of sp³-hybridized carbons (Fsp3) is 0.647. The summed E-state index contributed by atoms with van der Waals surface area (Å²) in [6.45, 7) is 4.91. The molecule has 2 fully saturated rings. The highest BCUT2D eigenvalue weighted by atomic mass is 16.3. The second-order valence-corrected chi connectivity index (χ2v) is 6.71. The van der Waals surface area contributed by atoms with Crippen LogP contribution in [0.15, 0.2) is 24.5 Å². The molecule has 0 aliphatic carbocycles. The van der Waals surface area contributed by atoms with Crippen molar-refractivity contribution in [1.82, 2.24) is 26.1 Å². The number of nitrogens with zero attached hydrogens (tertiary/aromatic N) is 2. The largest absolute Gasteiger partial charge is 0.390 e. The van der Waals surface area contributed by atoms with Crippen molar-refractivity contribution in [2.45, 2.75) is 44.5 Å². The molecule has 3 heterocycles. The summed E-state index contributed by atoms with van der Waals surface area (Å²) in [7, 11) is 0. The Morgan fingerprint density at radius 2 is 2.42 bits per heavy atom. The van der Waals surface area contributed by atoms with E-state index in [4.69, 9.17) is 0 Å². The first-order valence-electron chi connectivity index (χ1n) is 8.75. The van der Waals surface area contributed by atoms with Gasteiger partial charge in [0.15, 0.2) is 0 Å². The number of β-amino-alcohol motifs (C(OH)–C–C–N with tert-alkyl or cyclic N) is 1. The summed E-state index contributed by atoms with van der Waals surface area (Å²) >= 11 is 0. The van der Waals surface area contributed by atoms with Crippen molar-refractivity contribution < 1.29 is 9.90 Å². The number of amides is 1. The van der Waals surface area contributed by atoms with Crippen LogP contribution in [0.5, 0.6) is 0 Å². The molecule has 1 aromatic rings. The van der Waals surface area contributed by atoms with Crippen LogP contribution in [0.4, 0.5) is 0 Å². The van der Waals surface area contributed by atoms with Gasteiger partial charge in [-0.05, 0) is 24.5 Å². The molecule has 4 N–H and O–H groups in total. The Kier molecular flexibility index (Phi) is 5.78. The number of aromatic nitrogens is 1. The second kappa shape index (κ2) is 8.02. The minimum absolute atomic E-state index is 0.0316. The molecule has 24 heavy (non-hydrogen) atoms. The summed E-state index contributed by atoms with van der Waals surface area (Å²) < 4.78 is 0. The van der Waals surface area contributed by atoms with Gasteiger partial charge < -0.3 is 10.4 Å². The number of hydrogen-bond donors (Lipinski definition) is 4. The van der Waals surface area contributed by atoms with Crippen molar-refractivity contribution >= 4 is 5.91 Å². The van der Waals surface area contributed by atoms with Gasteiger partial charge in [-0.25, -0.2) is 0 Å². The summed E-state index contributed by atoms with van der Waals surface area (Å²) in [4.78, 5) is 18.8. The van der Waals surface area contributed by atoms with Gasteiger partial charge in [0.2, 0.25) is 5.91 Å². The molecule has 2 saturated heterocycles. The lowest BCUT2D eigenvalue weighted by Gasteiger charge is -2.36. The smallest absolute Gasteiger partial charge is 0.226 e. The second-order valence-electron chi connectivity index (χ2n) is 6.71. The van der Waals surface area contributed by atoms with Gasteiger partial charge in [0, 0.05) is 44.6 Å². The third-order valence-corrected chi connectivity index (χ3v) is 4.99. The Labute approximate surface area is 142 Å². The van der Waals surface area contributed by atoms with E-state index in [1.807, 2.05) is 18.3 Å². The molecule has 7 nitrogen and oxygen atoms in total. The normalized spacial score (nSPS) is 31.1. The first kappa shape index (κ1) is 17.3. The summed E-state index contributed by atoms with van der Waals surface area (Å²) in [5.41, 5.74) is 7.32. The SMILES string of the molecule is CCC1NNCC1C(=O)N[C@@H]1CCN(Cc2cccnc2)C[C@H]1O. The maximum absolute atomic E-state index is 12.5. The van der Waals surface area contributed by atoms with E-state index in [1.54, 1.807) is 6.20 Å². The highest BCUT2D eigenvalue weighted by Crippen LogP contribution is 2.17. The maximum Gasteiger partial charge on any atom is 0.226 e. The van der Waals surface area contributed by atoms with Gasteiger partial charge in [-0.1, -0.05) is 13.0 Å². The van der Waals surface area contributed by atoms with E-state index in [1.165, 1.54) is 0 Å². The van der Waals surface area contributed by atoms with Crippen LogP contribution in [-0.4, -0.2) is 58.7 Å². The molecule has 1 aromatic heterocycles. The van der Waals surface area contributed by atoms with Gasteiger partial charge in [-0.2, -0.15) is 0 Å². The highest BCUT2D eigenvalue weighted by Gasteiger charge is 2.35. The lowest BCUT2D eigenvalue weighted by atomic mass is 9.96. The molecular weight excluding hydrogens is 306 g/mol. The van der Waals surface area contributed by atoms with Gasteiger partial charge >= 0.3 is 0 Å². The average molecular weight is 333 g/mol. The molecule has 0 aromatic carbocycles. The molecule has 4 atom stereocenters. The Bertz CT molecular complexity index is 541. The van der Waals surface area contributed by atoms with Crippen LogP contribution in [0.2, 0.25) is 0 Å². The third-order valence-electron chi connectivity index (χ3n) is 4.99. The molecule has 3 rings (SSSR count). The van der Waals surface area contributed by atoms with E-state index in [-0.39, 0.29) is 23.9 Å². The molecule has 0 spiro atoms. The van der Waals surface area contributed by atoms with Crippen LogP contribution in [0.1, 0.15) is 25.3 Å². The number of piperidine rings is 1. The number of carbonyl (C=O) groups is 1. The maximum atomic E-state index is 12.5. The van der Waals surface area contributed by atoms with Gasteiger partial charge in [0.05, 0.1) is 18.1 Å². The van der Waals surface area contributed by atoms with E-state index in [9.17, 15) is 9.90 Å². The summed E-state index contributed by atoms with van der Waals surface area (Å²) in [5, 5.41) is 13.5.